The second-order valence-electron chi connectivity index (χ2n) is 12.2. The van der Waals surface area contributed by atoms with Crippen LogP contribution in [0.2, 0.25) is 0 Å². The minimum atomic E-state index is -2.64. The lowest BCUT2D eigenvalue weighted by Gasteiger charge is -2.50. The Labute approximate surface area is 241 Å². The molecule has 10 heteroatoms. The summed E-state index contributed by atoms with van der Waals surface area (Å²) in [6, 6.07) is 0.826. The topological polar surface area (TPSA) is 165 Å². The van der Waals surface area contributed by atoms with Crippen LogP contribution in [0.4, 0.5) is 5.69 Å². The van der Waals surface area contributed by atoms with E-state index >= 15 is 0 Å². The molecule has 0 saturated heterocycles. The van der Waals surface area contributed by atoms with Crippen molar-refractivity contribution in [3.8, 4) is 5.75 Å². The molecule has 0 heterocycles. The summed E-state index contributed by atoms with van der Waals surface area (Å²) in [6.07, 6.45) is 4.92. The molecule has 0 radical (unpaired) electrons. The Morgan fingerprint density at radius 3 is 2.29 bits per heavy atom. The summed E-state index contributed by atoms with van der Waals surface area (Å²) in [4.78, 5) is 42.9. The maximum atomic E-state index is 14.1. The van der Waals surface area contributed by atoms with E-state index in [0.717, 1.165) is 31.4 Å². The number of nitrogens with two attached hydrogens (primary N) is 1. The van der Waals surface area contributed by atoms with Crippen molar-refractivity contribution >= 4 is 28.9 Å². The SMILES string of the molecule is CCC(CC)CCCc1cc(N(C)C)c2c(c1O)C(O)=C1C(=O)[C@]3(O)C(O)=C(C(N)=O)C(=O)C(N(C)C)[C@@H]3C[C@@H]1C2. The van der Waals surface area contributed by atoms with Gasteiger partial charge in [-0.05, 0) is 68.8 Å². The molecule has 3 aliphatic rings. The van der Waals surface area contributed by atoms with Crippen LogP contribution in [-0.2, 0) is 27.2 Å². The number of anilines is 1. The summed E-state index contributed by atoms with van der Waals surface area (Å²) >= 11 is 0. The molecular formula is C31H43N3O7. The standard InChI is InChI=1S/C31H43N3O7/c1-7-15(8-2)10-9-11-16-14-20(33(3)4)18-12-17-13-19-24(34(5)6)27(37)23(30(32)40)29(39)31(19,41)28(38)21(17)26(36)22(18)25(16)35/h14-15,17,19,24,35-36,39,41H,7-13H2,1-6H3,(H2,32,40)/t17-,19-,24?,31-/m0/s1. The molecule has 1 fully saturated rings. The number of hydrogen-bond donors (Lipinski definition) is 5. The molecule has 0 aromatic heterocycles. The Morgan fingerprint density at radius 2 is 1.76 bits per heavy atom. The van der Waals surface area contributed by atoms with Crippen molar-refractivity contribution in [2.24, 2.45) is 23.5 Å². The number of fused-ring (bicyclic) bond motifs is 3. The third-order valence-electron chi connectivity index (χ3n) is 9.47. The van der Waals surface area contributed by atoms with Gasteiger partial charge in [-0.3, -0.25) is 19.3 Å². The van der Waals surface area contributed by atoms with Crippen LogP contribution in [0.5, 0.6) is 5.75 Å². The number of likely N-dealkylation sites (N-methyl/N-ethyl adjacent to an activating group) is 1. The van der Waals surface area contributed by atoms with Crippen molar-refractivity contribution in [3.05, 3.63) is 39.7 Å². The zero-order valence-electron chi connectivity index (χ0n) is 24.8. The number of phenolic OH excluding ortho intramolecular Hbond substituents is 1. The van der Waals surface area contributed by atoms with E-state index in [4.69, 9.17) is 5.73 Å². The zero-order chi connectivity index (χ0) is 30.5. The van der Waals surface area contributed by atoms with Crippen molar-refractivity contribution < 1.29 is 34.8 Å². The van der Waals surface area contributed by atoms with E-state index in [9.17, 15) is 34.8 Å². The number of aliphatic hydroxyl groups excluding tert-OH is 2. The molecule has 4 atom stereocenters. The maximum Gasteiger partial charge on any atom is 0.255 e. The number of hydrogen-bond acceptors (Lipinski definition) is 9. The van der Waals surface area contributed by atoms with Gasteiger partial charge in [0.15, 0.2) is 11.4 Å². The number of carbonyl (C=O) groups excluding carboxylic acids is 3. The monoisotopic (exact) mass is 569 g/mol. The highest BCUT2D eigenvalue weighted by Crippen LogP contribution is 2.54. The van der Waals surface area contributed by atoms with Crippen molar-refractivity contribution in [3.63, 3.8) is 0 Å². The molecule has 3 aliphatic carbocycles. The molecular weight excluding hydrogens is 526 g/mol. The Kier molecular flexibility index (Phi) is 8.30. The number of carbonyl (C=O) groups is 3. The summed E-state index contributed by atoms with van der Waals surface area (Å²) in [7, 11) is 6.91. The number of phenols is 1. The van der Waals surface area contributed by atoms with Crippen LogP contribution in [0, 0.1) is 17.8 Å². The quantitative estimate of drug-likeness (QED) is 0.281. The fraction of sp³-hybridized carbons (Fsp3) is 0.581. The first-order chi connectivity index (χ1) is 19.2. The number of amides is 1. The summed E-state index contributed by atoms with van der Waals surface area (Å²) in [5, 5.41) is 45.9. The van der Waals surface area contributed by atoms with Gasteiger partial charge in [-0.1, -0.05) is 33.1 Å². The van der Waals surface area contributed by atoms with Crippen molar-refractivity contribution in [1.29, 1.82) is 0 Å². The first-order valence-corrected chi connectivity index (χ1v) is 14.4. The number of primary amides is 1. The lowest BCUT2D eigenvalue weighted by molar-refractivity contribution is -0.153. The second-order valence-corrected chi connectivity index (χ2v) is 12.2. The van der Waals surface area contributed by atoms with Crippen molar-refractivity contribution in [2.45, 2.75) is 70.4 Å². The molecule has 1 unspecified atom stereocenters. The molecule has 41 heavy (non-hydrogen) atoms. The highest BCUT2D eigenvalue weighted by atomic mass is 16.3. The summed E-state index contributed by atoms with van der Waals surface area (Å²) in [5.74, 6) is -5.76. The van der Waals surface area contributed by atoms with E-state index in [1.165, 1.54) is 4.90 Å². The zero-order valence-corrected chi connectivity index (χ0v) is 24.8. The average molecular weight is 570 g/mol. The molecule has 224 valence electrons. The van der Waals surface area contributed by atoms with Crippen LogP contribution in [-0.4, -0.2) is 82.6 Å². The predicted molar refractivity (Wildman–Crippen MR) is 156 cm³/mol. The molecule has 1 aromatic carbocycles. The molecule has 4 rings (SSSR count). The molecule has 6 N–H and O–H groups in total. The van der Waals surface area contributed by atoms with Gasteiger partial charge in [0.25, 0.3) is 5.91 Å². The highest BCUT2D eigenvalue weighted by Gasteiger charge is 2.64. The van der Waals surface area contributed by atoms with Gasteiger partial charge in [0.05, 0.1) is 11.6 Å². The smallest absolute Gasteiger partial charge is 0.255 e. The number of aryl methyl sites for hydroxylation is 1. The number of nitrogens with zero attached hydrogens (tertiary/aromatic N) is 2. The third kappa shape index (κ3) is 4.70. The third-order valence-corrected chi connectivity index (χ3v) is 9.47. The van der Waals surface area contributed by atoms with E-state index in [-0.39, 0.29) is 29.7 Å². The molecule has 1 amide bonds. The molecule has 1 aromatic rings. The Morgan fingerprint density at radius 1 is 1.12 bits per heavy atom. The summed E-state index contributed by atoms with van der Waals surface area (Å²) in [6.45, 7) is 4.33. The number of aliphatic hydroxyl groups is 3. The minimum Gasteiger partial charge on any atom is -0.508 e. The van der Waals surface area contributed by atoms with Gasteiger partial charge in [-0.25, -0.2) is 0 Å². The van der Waals surface area contributed by atoms with Gasteiger partial charge in [-0.2, -0.15) is 0 Å². The Balaban J connectivity index is 1.88. The van der Waals surface area contributed by atoms with Crippen LogP contribution < -0.4 is 10.6 Å². The maximum absolute atomic E-state index is 14.1. The van der Waals surface area contributed by atoms with Gasteiger partial charge in [0.2, 0.25) is 5.78 Å². The van der Waals surface area contributed by atoms with Crippen LogP contribution in [0.25, 0.3) is 5.76 Å². The summed E-state index contributed by atoms with van der Waals surface area (Å²) in [5.41, 5.74) is 4.08. The van der Waals surface area contributed by atoms with E-state index in [1.807, 2.05) is 25.1 Å². The fourth-order valence-corrected chi connectivity index (χ4v) is 7.21. The molecule has 0 spiro atoms. The lowest BCUT2D eigenvalue weighted by Crippen LogP contribution is -2.65. The first kappa shape index (κ1) is 30.6. The van der Waals surface area contributed by atoms with Gasteiger partial charge in [-0.15, -0.1) is 0 Å². The van der Waals surface area contributed by atoms with E-state index < -0.39 is 58.0 Å². The summed E-state index contributed by atoms with van der Waals surface area (Å²) < 4.78 is 0. The van der Waals surface area contributed by atoms with Crippen LogP contribution in [0.15, 0.2) is 23.0 Å². The van der Waals surface area contributed by atoms with Crippen molar-refractivity contribution in [1.82, 2.24) is 4.90 Å². The van der Waals surface area contributed by atoms with Crippen LogP contribution >= 0.6 is 0 Å². The average Bonchev–Trinajstić information content (AvgIpc) is 2.89. The molecule has 0 bridgehead atoms. The number of Topliss-reactive ketones (excluding diaryl/α,β-unsaturated/α-hetero) is 2. The largest absolute Gasteiger partial charge is 0.508 e. The van der Waals surface area contributed by atoms with Crippen LogP contribution in [0.3, 0.4) is 0 Å². The molecule has 1 saturated carbocycles. The number of benzene rings is 1. The van der Waals surface area contributed by atoms with Gasteiger partial charge in [0.1, 0.15) is 22.8 Å². The normalized spacial score (nSPS) is 25.9. The fourth-order valence-electron chi connectivity index (χ4n) is 7.21. The van der Waals surface area contributed by atoms with Gasteiger partial charge in [0, 0.05) is 31.3 Å². The van der Waals surface area contributed by atoms with Crippen LogP contribution in [0.1, 0.15) is 62.6 Å². The highest BCUT2D eigenvalue weighted by molar-refractivity contribution is 6.24. The number of rotatable bonds is 9. The number of aromatic hydroxyl groups is 1. The Hall–Kier alpha value is -3.37. The molecule has 0 aliphatic heterocycles. The molecule has 10 nitrogen and oxygen atoms in total. The van der Waals surface area contributed by atoms with Crippen molar-refractivity contribution in [2.75, 3.05) is 33.1 Å². The van der Waals surface area contributed by atoms with Gasteiger partial charge >= 0.3 is 0 Å². The minimum absolute atomic E-state index is 0.0660. The first-order valence-electron chi connectivity index (χ1n) is 14.4. The second kappa shape index (κ2) is 11.1. The predicted octanol–water partition coefficient (Wildman–Crippen LogP) is 2.79. The van der Waals surface area contributed by atoms with E-state index in [1.54, 1.807) is 14.1 Å². The Bertz CT molecular complexity index is 1340. The number of ketones is 2. The van der Waals surface area contributed by atoms with Gasteiger partial charge < -0.3 is 31.1 Å². The lowest BCUT2D eigenvalue weighted by atomic mass is 9.57. The van der Waals surface area contributed by atoms with E-state index in [2.05, 4.69) is 13.8 Å². The van der Waals surface area contributed by atoms with E-state index in [0.29, 0.717) is 23.5 Å².